The Hall–Kier alpha value is -0.620. The standard InChI is InChI=1S/C17H28N3P.BrH/c1-2-3-4-5-6-7-8-9-10-11-12-21-17(15-20)16(13-18)14-19;/h16-17,21H,2-12H2,1H3;1H. The minimum absolute atomic E-state index is 0. The summed E-state index contributed by atoms with van der Waals surface area (Å²) in [4.78, 5) is 0. The van der Waals surface area contributed by atoms with Crippen LogP contribution in [-0.2, 0) is 0 Å². The average Bonchev–Trinajstić information content (AvgIpc) is 2.51. The Labute approximate surface area is 148 Å². The van der Waals surface area contributed by atoms with Gasteiger partial charge in [-0.25, -0.2) is 0 Å². The van der Waals surface area contributed by atoms with Crippen LogP contribution in [0.3, 0.4) is 0 Å². The van der Waals surface area contributed by atoms with Gasteiger partial charge in [0.15, 0.2) is 5.92 Å². The van der Waals surface area contributed by atoms with E-state index in [0.29, 0.717) is 8.58 Å². The van der Waals surface area contributed by atoms with E-state index < -0.39 is 11.6 Å². The minimum Gasteiger partial charge on any atom is -0.198 e. The smallest absolute Gasteiger partial charge is 0.152 e. The molecule has 0 fully saturated rings. The summed E-state index contributed by atoms with van der Waals surface area (Å²) in [6.07, 6.45) is 14.0. The summed E-state index contributed by atoms with van der Waals surface area (Å²) in [6, 6.07) is 5.94. The zero-order chi connectivity index (χ0) is 15.8. The maximum Gasteiger partial charge on any atom is 0.152 e. The van der Waals surface area contributed by atoms with Crippen molar-refractivity contribution >= 4 is 25.6 Å². The molecule has 0 aliphatic heterocycles. The van der Waals surface area contributed by atoms with Crippen molar-refractivity contribution < 1.29 is 0 Å². The molecule has 0 saturated carbocycles. The molecule has 0 saturated heterocycles. The van der Waals surface area contributed by atoms with Gasteiger partial charge < -0.3 is 0 Å². The Morgan fingerprint density at radius 2 is 1.18 bits per heavy atom. The third-order valence-corrected chi connectivity index (χ3v) is 5.19. The first-order chi connectivity index (χ1) is 10.3. The molecule has 0 radical (unpaired) electrons. The first-order valence-electron chi connectivity index (χ1n) is 8.22. The summed E-state index contributed by atoms with van der Waals surface area (Å²) in [6.45, 7) is 2.24. The summed E-state index contributed by atoms with van der Waals surface area (Å²) in [5.74, 6) is -0.753. The third kappa shape index (κ3) is 13.1. The molecule has 0 rings (SSSR count). The quantitative estimate of drug-likeness (QED) is 0.300. The lowest BCUT2D eigenvalue weighted by atomic mass is 10.1. The van der Waals surface area contributed by atoms with Crippen LogP contribution in [0.4, 0.5) is 0 Å². The van der Waals surface area contributed by atoms with Crippen LogP contribution in [0.25, 0.3) is 0 Å². The number of unbranched alkanes of at least 4 members (excludes halogenated alkanes) is 9. The van der Waals surface area contributed by atoms with Crippen LogP contribution in [-0.4, -0.2) is 11.8 Å². The highest BCUT2D eigenvalue weighted by Crippen LogP contribution is 2.26. The van der Waals surface area contributed by atoms with Gasteiger partial charge in [0.25, 0.3) is 0 Å². The first-order valence-corrected chi connectivity index (χ1v) is 9.50. The van der Waals surface area contributed by atoms with Crippen molar-refractivity contribution in [3.63, 3.8) is 0 Å². The van der Waals surface area contributed by atoms with Gasteiger partial charge in [0.2, 0.25) is 0 Å². The molecule has 2 atom stereocenters. The van der Waals surface area contributed by atoms with Crippen LogP contribution in [0.1, 0.15) is 71.1 Å². The fourth-order valence-corrected chi connectivity index (χ4v) is 3.53. The molecule has 0 heterocycles. The fraction of sp³-hybridized carbons (Fsp3) is 0.824. The van der Waals surface area contributed by atoms with Crippen LogP contribution in [0.5, 0.6) is 0 Å². The van der Waals surface area contributed by atoms with Crippen LogP contribution < -0.4 is 0 Å². The highest BCUT2D eigenvalue weighted by atomic mass is 79.9. The van der Waals surface area contributed by atoms with Gasteiger partial charge in [-0.2, -0.15) is 15.8 Å². The van der Waals surface area contributed by atoms with Crippen LogP contribution >= 0.6 is 25.6 Å². The van der Waals surface area contributed by atoms with E-state index in [4.69, 9.17) is 15.8 Å². The lowest BCUT2D eigenvalue weighted by Crippen LogP contribution is -2.10. The van der Waals surface area contributed by atoms with Gasteiger partial charge in [-0.1, -0.05) is 64.7 Å². The minimum atomic E-state index is -0.753. The fourth-order valence-electron chi connectivity index (χ4n) is 2.29. The number of hydrogen-bond donors (Lipinski definition) is 0. The van der Waals surface area contributed by atoms with Gasteiger partial charge in [-0.15, -0.1) is 25.6 Å². The van der Waals surface area contributed by atoms with Gasteiger partial charge in [0, 0.05) is 0 Å². The largest absolute Gasteiger partial charge is 0.198 e. The molecule has 2 unspecified atom stereocenters. The number of halogens is 1. The Balaban J connectivity index is 0. The van der Waals surface area contributed by atoms with E-state index in [1.54, 1.807) is 0 Å². The second-order valence-corrected chi connectivity index (χ2v) is 7.01. The van der Waals surface area contributed by atoms with Crippen LogP contribution in [0.2, 0.25) is 0 Å². The molecule has 22 heavy (non-hydrogen) atoms. The zero-order valence-electron chi connectivity index (χ0n) is 13.7. The predicted molar refractivity (Wildman–Crippen MR) is 99.5 cm³/mol. The molecule has 0 amide bonds. The summed E-state index contributed by atoms with van der Waals surface area (Å²) >= 11 is 0. The second kappa shape index (κ2) is 18.4. The van der Waals surface area contributed by atoms with Crippen molar-refractivity contribution in [2.75, 3.05) is 6.16 Å². The monoisotopic (exact) mass is 385 g/mol. The topological polar surface area (TPSA) is 71.4 Å². The van der Waals surface area contributed by atoms with E-state index in [1.165, 1.54) is 57.8 Å². The van der Waals surface area contributed by atoms with E-state index in [2.05, 4.69) is 13.0 Å². The maximum atomic E-state index is 8.97. The van der Waals surface area contributed by atoms with Gasteiger partial charge in [0.1, 0.15) is 0 Å². The summed E-state index contributed by atoms with van der Waals surface area (Å²) in [5, 5.41) is 26.5. The molecule has 0 aliphatic carbocycles. The van der Waals surface area contributed by atoms with E-state index in [-0.39, 0.29) is 17.0 Å². The predicted octanol–water partition coefficient (Wildman–Crippen LogP) is 5.72. The molecule has 124 valence electrons. The number of nitriles is 3. The van der Waals surface area contributed by atoms with Gasteiger partial charge in [0.05, 0.1) is 23.9 Å². The van der Waals surface area contributed by atoms with Crippen molar-refractivity contribution in [1.29, 1.82) is 15.8 Å². The zero-order valence-corrected chi connectivity index (χ0v) is 16.4. The van der Waals surface area contributed by atoms with Crippen molar-refractivity contribution in [2.24, 2.45) is 5.92 Å². The van der Waals surface area contributed by atoms with Crippen molar-refractivity contribution in [2.45, 2.75) is 76.8 Å². The molecule has 0 aromatic heterocycles. The van der Waals surface area contributed by atoms with Gasteiger partial charge in [-0.3, -0.25) is 0 Å². The molecular weight excluding hydrogens is 357 g/mol. The summed E-state index contributed by atoms with van der Waals surface area (Å²) < 4.78 is 0. The Morgan fingerprint density at radius 3 is 1.59 bits per heavy atom. The molecule has 0 aromatic carbocycles. The molecule has 5 heteroatoms. The van der Waals surface area contributed by atoms with Gasteiger partial charge in [-0.05, 0) is 12.6 Å². The molecule has 0 spiro atoms. The SMILES string of the molecule is Br.CCCCCCCCCCCCPC(C#N)C(C#N)C#N. The summed E-state index contributed by atoms with van der Waals surface area (Å²) in [7, 11) is 0.423. The normalized spacial score (nSPS) is 11.6. The van der Waals surface area contributed by atoms with Gasteiger partial charge >= 0.3 is 0 Å². The molecule has 0 N–H and O–H groups in total. The summed E-state index contributed by atoms with van der Waals surface area (Å²) in [5.41, 5.74) is -0.390. The first kappa shape index (κ1) is 23.6. The average molecular weight is 386 g/mol. The highest BCUT2D eigenvalue weighted by molar-refractivity contribution is 8.93. The van der Waals surface area contributed by atoms with Crippen molar-refractivity contribution in [1.82, 2.24) is 0 Å². The van der Waals surface area contributed by atoms with E-state index in [9.17, 15) is 0 Å². The van der Waals surface area contributed by atoms with Crippen molar-refractivity contribution in [3.8, 4) is 18.2 Å². The lowest BCUT2D eigenvalue weighted by molar-refractivity contribution is 0.563. The number of nitrogens with zero attached hydrogens (tertiary/aromatic N) is 3. The Kier molecular flexibility index (Phi) is 19.8. The molecule has 0 aromatic rings. The third-order valence-electron chi connectivity index (χ3n) is 3.65. The Bertz CT molecular complexity index is 354. The highest BCUT2D eigenvalue weighted by Gasteiger charge is 2.19. The maximum absolute atomic E-state index is 8.97. The Morgan fingerprint density at radius 1 is 0.727 bits per heavy atom. The molecule has 0 bridgehead atoms. The van der Waals surface area contributed by atoms with Crippen LogP contribution in [0, 0.1) is 39.9 Å². The van der Waals surface area contributed by atoms with E-state index in [0.717, 1.165) is 12.6 Å². The molecular formula is C17H29BrN3P. The molecule has 3 nitrogen and oxygen atoms in total. The molecule has 0 aliphatic rings. The lowest BCUT2D eigenvalue weighted by Gasteiger charge is -2.08. The van der Waals surface area contributed by atoms with E-state index >= 15 is 0 Å². The number of rotatable bonds is 13. The van der Waals surface area contributed by atoms with E-state index in [1.807, 2.05) is 12.1 Å². The van der Waals surface area contributed by atoms with Crippen molar-refractivity contribution in [3.05, 3.63) is 0 Å². The van der Waals surface area contributed by atoms with Crippen LogP contribution in [0.15, 0.2) is 0 Å². The second-order valence-electron chi connectivity index (χ2n) is 5.48. The number of hydrogen-bond acceptors (Lipinski definition) is 3.